The molecule has 0 saturated carbocycles. The van der Waals surface area contributed by atoms with E-state index >= 15 is 0 Å². The first-order chi connectivity index (χ1) is 11.0. The van der Waals surface area contributed by atoms with Crippen molar-refractivity contribution >= 4 is 0 Å². The van der Waals surface area contributed by atoms with Gasteiger partial charge in [0, 0.05) is 25.4 Å². The molecule has 1 aromatic heterocycles. The maximum Gasteiger partial charge on any atom is 0.416 e. The lowest BCUT2D eigenvalue weighted by Crippen LogP contribution is -2.33. The van der Waals surface area contributed by atoms with Crippen molar-refractivity contribution in [2.45, 2.75) is 12.3 Å². The topological polar surface area (TPSA) is 56.3 Å². The lowest BCUT2D eigenvalue weighted by Gasteiger charge is -2.25. The summed E-state index contributed by atoms with van der Waals surface area (Å²) >= 11 is 0. The molecule has 122 valence electrons. The monoisotopic (exact) mass is 325 g/mol. The number of aromatic nitrogens is 2. The first kappa shape index (κ1) is 15.7. The molecule has 0 unspecified atom stereocenters. The highest BCUT2D eigenvalue weighted by molar-refractivity contribution is 5.39. The molecule has 0 spiro atoms. The van der Waals surface area contributed by atoms with Crippen molar-refractivity contribution in [2.24, 2.45) is 0 Å². The Labute approximate surface area is 130 Å². The summed E-state index contributed by atoms with van der Waals surface area (Å²) in [5.74, 6) is 0.171. The molecule has 0 aliphatic carbocycles. The normalized spacial score (nSPS) is 18.7. The van der Waals surface area contributed by atoms with Crippen LogP contribution in [0.2, 0.25) is 0 Å². The van der Waals surface area contributed by atoms with Gasteiger partial charge in [0.25, 0.3) is 0 Å². The molecule has 3 rings (SSSR count). The van der Waals surface area contributed by atoms with Crippen molar-refractivity contribution < 1.29 is 22.6 Å². The van der Waals surface area contributed by atoms with Crippen LogP contribution in [-0.4, -0.2) is 29.9 Å². The summed E-state index contributed by atoms with van der Waals surface area (Å²) in [5.41, 5.74) is -0.381. The molecule has 5 nitrogen and oxygen atoms in total. The van der Waals surface area contributed by atoms with Crippen LogP contribution in [0.15, 0.2) is 36.5 Å². The van der Waals surface area contributed by atoms with Crippen LogP contribution in [-0.2, 0) is 10.9 Å². The largest absolute Gasteiger partial charge is 0.437 e. The summed E-state index contributed by atoms with van der Waals surface area (Å²) in [4.78, 5) is 0. The van der Waals surface area contributed by atoms with Crippen LogP contribution in [0.5, 0.6) is 11.6 Å². The van der Waals surface area contributed by atoms with Crippen molar-refractivity contribution in [2.75, 3.05) is 19.7 Å². The third-order valence-electron chi connectivity index (χ3n) is 3.33. The number of halogens is 3. The van der Waals surface area contributed by atoms with Gasteiger partial charge in [0.2, 0.25) is 5.88 Å². The van der Waals surface area contributed by atoms with Crippen LogP contribution in [0, 0.1) is 0 Å². The van der Waals surface area contributed by atoms with Crippen LogP contribution in [0.25, 0.3) is 0 Å². The van der Waals surface area contributed by atoms with Crippen molar-refractivity contribution in [1.82, 2.24) is 15.5 Å². The van der Waals surface area contributed by atoms with E-state index in [2.05, 4.69) is 15.5 Å². The van der Waals surface area contributed by atoms with E-state index in [9.17, 15) is 13.2 Å². The maximum absolute atomic E-state index is 13.1. The zero-order valence-corrected chi connectivity index (χ0v) is 12.0. The predicted octanol–water partition coefficient (Wildman–Crippen LogP) is 2.95. The minimum atomic E-state index is -4.47. The number of rotatable bonds is 3. The van der Waals surface area contributed by atoms with E-state index < -0.39 is 17.8 Å². The zero-order chi connectivity index (χ0) is 16.3. The average molecular weight is 325 g/mol. The SMILES string of the molecule is FC(F)(F)c1cc(Oc2cccnn2)cc([C@H]2CNCCO2)c1. The molecule has 2 aromatic rings. The predicted molar refractivity (Wildman–Crippen MR) is 75.1 cm³/mol. The van der Waals surface area contributed by atoms with Crippen molar-refractivity contribution in [3.63, 3.8) is 0 Å². The lowest BCUT2D eigenvalue weighted by molar-refractivity contribution is -0.137. The van der Waals surface area contributed by atoms with Gasteiger partial charge >= 0.3 is 6.18 Å². The summed E-state index contributed by atoms with van der Waals surface area (Å²) in [6.45, 7) is 1.57. The van der Waals surface area contributed by atoms with E-state index in [1.54, 1.807) is 6.07 Å². The van der Waals surface area contributed by atoms with Gasteiger partial charge in [0.1, 0.15) is 5.75 Å². The molecular formula is C15H14F3N3O2. The molecular weight excluding hydrogens is 311 g/mol. The standard InChI is InChI=1S/C15H14F3N3O2/c16-15(17,18)11-6-10(13-9-19-4-5-22-13)7-12(8-11)23-14-2-1-3-20-21-14/h1-3,6-8,13,19H,4-5,9H2/t13-/m1/s1. The Morgan fingerprint density at radius 1 is 1.26 bits per heavy atom. The Morgan fingerprint density at radius 2 is 2.13 bits per heavy atom. The molecule has 1 saturated heterocycles. The van der Waals surface area contributed by atoms with Gasteiger partial charge in [-0.1, -0.05) is 0 Å². The third-order valence-corrected chi connectivity index (χ3v) is 3.33. The highest BCUT2D eigenvalue weighted by Gasteiger charge is 2.32. The Hall–Kier alpha value is -2.19. The molecule has 1 fully saturated rings. The van der Waals surface area contributed by atoms with E-state index in [1.807, 2.05) is 0 Å². The molecule has 0 bridgehead atoms. The number of ether oxygens (including phenoxy) is 2. The van der Waals surface area contributed by atoms with Gasteiger partial charge < -0.3 is 14.8 Å². The number of morpholine rings is 1. The Morgan fingerprint density at radius 3 is 2.78 bits per heavy atom. The molecule has 8 heteroatoms. The maximum atomic E-state index is 13.1. The fraction of sp³-hybridized carbons (Fsp3) is 0.333. The molecule has 1 aliphatic rings. The van der Waals surface area contributed by atoms with Gasteiger partial charge in [0.15, 0.2) is 0 Å². The number of nitrogens with zero attached hydrogens (tertiary/aromatic N) is 2. The van der Waals surface area contributed by atoms with Crippen LogP contribution in [0.4, 0.5) is 13.2 Å². The smallest absolute Gasteiger partial charge is 0.416 e. The van der Waals surface area contributed by atoms with Crippen LogP contribution in [0.3, 0.4) is 0 Å². The second-order valence-corrected chi connectivity index (χ2v) is 5.02. The molecule has 0 amide bonds. The zero-order valence-electron chi connectivity index (χ0n) is 12.0. The van der Waals surface area contributed by atoms with Gasteiger partial charge in [-0.05, 0) is 29.8 Å². The first-order valence-electron chi connectivity index (χ1n) is 7.02. The first-order valence-corrected chi connectivity index (χ1v) is 7.02. The van der Waals surface area contributed by atoms with Crippen molar-refractivity contribution in [1.29, 1.82) is 0 Å². The number of alkyl halides is 3. The fourth-order valence-electron chi connectivity index (χ4n) is 2.27. The molecule has 2 heterocycles. The highest BCUT2D eigenvalue weighted by atomic mass is 19.4. The Bertz CT molecular complexity index is 659. The molecule has 1 aliphatic heterocycles. The Kier molecular flexibility index (Phi) is 4.44. The molecule has 1 N–H and O–H groups in total. The van der Waals surface area contributed by atoms with Crippen LogP contribution >= 0.6 is 0 Å². The summed E-state index contributed by atoms with van der Waals surface area (Å²) in [6, 6.07) is 6.66. The molecule has 23 heavy (non-hydrogen) atoms. The Balaban J connectivity index is 1.94. The minimum absolute atomic E-state index is 0.0458. The highest BCUT2D eigenvalue weighted by Crippen LogP contribution is 2.36. The molecule has 1 aromatic carbocycles. The minimum Gasteiger partial charge on any atom is -0.437 e. The van der Waals surface area contributed by atoms with Crippen molar-refractivity contribution in [3.05, 3.63) is 47.7 Å². The fourth-order valence-corrected chi connectivity index (χ4v) is 2.27. The summed E-state index contributed by atoms with van der Waals surface area (Å²) in [7, 11) is 0. The number of benzene rings is 1. The van der Waals surface area contributed by atoms with Gasteiger partial charge in [-0.25, -0.2) is 0 Å². The lowest BCUT2D eigenvalue weighted by atomic mass is 10.0. The van der Waals surface area contributed by atoms with E-state index in [-0.39, 0.29) is 11.6 Å². The molecule has 1 atom stereocenters. The second-order valence-electron chi connectivity index (χ2n) is 5.02. The van der Waals surface area contributed by atoms with E-state index in [0.717, 1.165) is 12.1 Å². The average Bonchev–Trinajstić information content (AvgIpc) is 2.55. The van der Waals surface area contributed by atoms with Gasteiger partial charge in [0.05, 0.1) is 18.3 Å². The number of hydrogen-bond acceptors (Lipinski definition) is 5. The van der Waals surface area contributed by atoms with Crippen LogP contribution < -0.4 is 10.1 Å². The summed E-state index contributed by atoms with van der Waals surface area (Å²) < 4.78 is 50.3. The van der Waals surface area contributed by atoms with E-state index in [1.165, 1.54) is 18.3 Å². The molecule has 0 radical (unpaired) electrons. The van der Waals surface area contributed by atoms with Crippen LogP contribution in [0.1, 0.15) is 17.2 Å². The third kappa shape index (κ3) is 3.96. The number of nitrogens with one attached hydrogen (secondary N) is 1. The van der Waals surface area contributed by atoms with Gasteiger partial charge in [-0.15, -0.1) is 5.10 Å². The van der Waals surface area contributed by atoms with E-state index in [0.29, 0.717) is 25.3 Å². The van der Waals surface area contributed by atoms with Gasteiger partial charge in [-0.3, -0.25) is 0 Å². The van der Waals surface area contributed by atoms with Gasteiger partial charge in [-0.2, -0.15) is 18.3 Å². The second kappa shape index (κ2) is 6.51. The summed E-state index contributed by atoms with van der Waals surface area (Å²) in [6.07, 6.45) is -3.47. The number of hydrogen-bond donors (Lipinski definition) is 1. The quantitative estimate of drug-likeness (QED) is 0.940. The van der Waals surface area contributed by atoms with E-state index in [4.69, 9.17) is 9.47 Å². The summed E-state index contributed by atoms with van der Waals surface area (Å²) in [5, 5.41) is 10.4. The van der Waals surface area contributed by atoms with Crippen molar-refractivity contribution in [3.8, 4) is 11.6 Å².